The summed E-state index contributed by atoms with van der Waals surface area (Å²) in [5.41, 5.74) is 0. The summed E-state index contributed by atoms with van der Waals surface area (Å²) >= 11 is 5.56. The summed E-state index contributed by atoms with van der Waals surface area (Å²) in [4.78, 5) is 0. The highest BCUT2D eigenvalue weighted by Crippen LogP contribution is 2.06. The molecule has 1 heteroatoms. The van der Waals surface area contributed by atoms with Crippen molar-refractivity contribution in [2.75, 3.05) is 0 Å². The first kappa shape index (κ1) is 6.85. The van der Waals surface area contributed by atoms with Crippen LogP contribution < -0.4 is 0 Å². The fourth-order valence-electron chi connectivity index (χ4n) is 0.192. The highest BCUT2D eigenvalue weighted by Gasteiger charge is 2.02. The van der Waals surface area contributed by atoms with Gasteiger partial charge in [0.15, 0.2) is 0 Å². The van der Waals surface area contributed by atoms with E-state index in [0.29, 0.717) is 5.92 Å². The van der Waals surface area contributed by atoms with Crippen LogP contribution >= 0.6 is 11.6 Å². The van der Waals surface area contributed by atoms with Gasteiger partial charge in [0.25, 0.3) is 0 Å². The molecule has 0 aromatic rings. The van der Waals surface area contributed by atoms with E-state index in [1.165, 1.54) is 0 Å². The zero-order valence-electron chi connectivity index (χ0n) is 4.61. The molecule has 0 aliphatic rings. The average Bonchev–Trinajstić information content (AvgIpc) is 1.65. The fourth-order valence-corrected chi connectivity index (χ4v) is 0.192. The lowest BCUT2D eigenvalue weighted by molar-refractivity contribution is 0.683. The maximum absolute atomic E-state index is 5.56. The number of alkyl halides is 1. The van der Waals surface area contributed by atoms with Gasteiger partial charge in [-0.25, -0.2) is 0 Å². The summed E-state index contributed by atoms with van der Waals surface area (Å²) in [6.07, 6.45) is 4.99. The Morgan fingerprint density at radius 3 is 2.00 bits per heavy atom. The molecule has 0 saturated carbocycles. The maximum Gasteiger partial charge on any atom is 0.0963 e. The zero-order chi connectivity index (χ0) is 5.86. The van der Waals surface area contributed by atoms with E-state index in [2.05, 4.69) is 5.92 Å². The van der Waals surface area contributed by atoms with Crippen LogP contribution in [0.5, 0.6) is 0 Å². The standard InChI is InChI=1S/C6H9Cl/c1-4-6(7)5(2)3/h1,5-6H,2-3H3. The van der Waals surface area contributed by atoms with Gasteiger partial charge >= 0.3 is 0 Å². The lowest BCUT2D eigenvalue weighted by atomic mass is 10.1. The van der Waals surface area contributed by atoms with E-state index in [1.807, 2.05) is 13.8 Å². The Labute approximate surface area is 49.9 Å². The third-order valence-electron chi connectivity index (χ3n) is 0.745. The number of halogens is 1. The Morgan fingerprint density at radius 2 is 2.00 bits per heavy atom. The largest absolute Gasteiger partial charge is 0.119 e. The van der Waals surface area contributed by atoms with Gasteiger partial charge in [0, 0.05) is 0 Å². The summed E-state index contributed by atoms with van der Waals surface area (Å²) in [7, 11) is 0. The molecule has 0 rings (SSSR count). The second kappa shape index (κ2) is 2.93. The second-order valence-electron chi connectivity index (χ2n) is 1.81. The highest BCUT2D eigenvalue weighted by molar-refractivity contribution is 6.22. The van der Waals surface area contributed by atoms with Crippen molar-refractivity contribution in [3.63, 3.8) is 0 Å². The van der Waals surface area contributed by atoms with Crippen molar-refractivity contribution in [3.8, 4) is 12.3 Å². The van der Waals surface area contributed by atoms with Gasteiger partial charge < -0.3 is 0 Å². The van der Waals surface area contributed by atoms with Gasteiger partial charge in [-0.2, -0.15) is 0 Å². The summed E-state index contributed by atoms with van der Waals surface area (Å²) in [5.74, 6) is 2.82. The van der Waals surface area contributed by atoms with E-state index in [4.69, 9.17) is 18.0 Å². The zero-order valence-corrected chi connectivity index (χ0v) is 5.37. The number of terminal acetylenes is 1. The van der Waals surface area contributed by atoms with E-state index in [1.54, 1.807) is 0 Å². The number of hydrogen-bond acceptors (Lipinski definition) is 0. The quantitative estimate of drug-likeness (QED) is 0.363. The van der Waals surface area contributed by atoms with Crippen molar-refractivity contribution < 1.29 is 0 Å². The van der Waals surface area contributed by atoms with E-state index < -0.39 is 0 Å². The Kier molecular flexibility index (Phi) is 2.87. The fraction of sp³-hybridized carbons (Fsp3) is 0.667. The molecule has 0 aliphatic heterocycles. The number of hydrogen-bond donors (Lipinski definition) is 0. The predicted octanol–water partition coefficient (Wildman–Crippen LogP) is 1.88. The minimum Gasteiger partial charge on any atom is -0.119 e. The molecule has 0 fully saturated rings. The van der Waals surface area contributed by atoms with Crippen molar-refractivity contribution in [3.05, 3.63) is 0 Å². The minimum atomic E-state index is -0.0972. The van der Waals surface area contributed by atoms with Crippen LogP contribution in [0.4, 0.5) is 0 Å². The molecule has 40 valence electrons. The Bertz CT molecular complexity index is 78.7. The van der Waals surface area contributed by atoms with E-state index in [9.17, 15) is 0 Å². The van der Waals surface area contributed by atoms with Crippen molar-refractivity contribution in [1.82, 2.24) is 0 Å². The molecule has 0 bridgehead atoms. The first-order valence-corrected chi connectivity index (χ1v) is 2.72. The molecule has 0 radical (unpaired) electrons. The summed E-state index contributed by atoms with van der Waals surface area (Å²) in [6, 6.07) is 0. The molecule has 0 aliphatic carbocycles. The molecule has 0 amide bonds. The van der Waals surface area contributed by atoms with Gasteiger partial charge in [0.2, 0.25) is 0 Å². The summed E-state index contributed by atoms with van der Waals surface area (Å²) in [5, 5.41) is -0.0972. The smallest absolute Gasteiger partial charge is 0.0963 e. The molecule has 0 saturated heterocycles. The minimum absolute atomic E-state index is 0.0972. The first-order valence-electron chi connectivity index (χ1n) is 2.28. The van der Waals surface area contributed by atoms with E-state index >= 15 is 0 Å². The molecule has 7 heavy (non-hydrogen) atoms. The normalized spacial score (nSPS) is 13.6. The average molecular weight is 117 g/mol. The molecule has 0 aromatic heterocycles. The molecule has 0 aromatic carbocycles. The van der Waals surface area contributed by atoms with Crippen LogP contribution in [0.2, 0.25) is 0 Å². The van der Waals surface area contributed by atoms with Gasteiger partial charge in [0.05, 0.1) is 5.38 Å². The lowest BCUT2D eigenvalue weighted by Crippen LogP contribution is -2.02. The van der Waals surface area contributed by atoms with Gasteiger partial charge in [0.1, 0.15) is 0 Å². The van der Waals surface area contributed by atoms with E-state index in [0.717, 1.165) is 0 Å². The predicted molar refractivity (Wildman–Crippen MR) is 33.3 cm³/mol. The Balaban J connectivity index is 3.40. The molecule has 0 nitrogen and oxygen atoms in total. The van der Waals surface area contributed by atoms with Crippen LogP contribution in [-0.2, 0) is 0 Å². The Morgan fingerprint density at radius 1 is 1.57 bits per heavy atom. The van der Waals surface area contributed by atoms with Gasteiger partial charge in [-0.3, -0.25) is 0 Å². The first-order chi connectivity index (χ1) is 3.18. The third-order valence-corrected chi connectivity index (χ3v) is 1.37. The van der Waals surface area contributed by atoms with E-state index in [-0.39, 0.29) is 5.38 Å². The van der Waals surface area contributed by atoms with Crippen molar-refractivity contribution in [2.24, 2.45) is 5.92 Å². The SMILES string of the molecule is C#CC(Cl)C(C)C. The van der Waals surface area contributed by atoms with Crippen LogP contribution in [0.25, 0.3) is 0 Å². The molecular weight excluding hydrogens is 108 g/mol. The van der Waals surface area contributed by atoms with Crippen LogP contribution in [0.1, 0.15) is 13.8 Å². The van der Waals surface area contributed by atoms with Crippen LogP contribution in [-0.4, -0.2) is 5.38 Å². The third kappa shape index (κ3) is 2.53. The van der Waals surface area contributed by atoms with Crippen molar-refractivity contribution in [2.45, 2.75) is 19.2 Å². The summed E-state index contributed by atoms with van der Waals surface area (Å²) < 4.78 is 0. The molecular formula is C6H9Cl. The maximum atomic E-state index is 5.56. The summed E-state index contributed by atoms with van der Waals surface area (Å²) in [6.45, 7) is 4.00. The lowest BCUT2D eigenvalue weighted by Gasteiger charge is -2.02. The molecule has 0 spiro atoms. The molecule has 1 atom stereocenters. The molecule has 1 unspecified atom stereocenters. The van der Waals surface area contributed by atoms with Crippen LogP contribution in [0, 0.1) is 18.3 Å². The second-order valence-corrected chi connectivity index (χ2v) is 2.28. The topological polar surface area (TPSA) is 0 Å². The van der Waals surface area contributed by atoms with Gasteiger partial charge in [-0.05, 0) is 5.92 Å². The van der Waals surface area contributed by atoms with Crippen molar-refractivity contribution >= 4 is 11.6 Å². The number of rotatable bonds is 1. The van der Waals surface area contributed by atoms with Crippen LogP contribution in [0.15, 0.2) is 0 Å². The Hall–Kier alpha value is -0.150. The molecule has 0 heterocycles. The molecule has 0 N–H and O–H groups in total. The van der Waals surface area contributed by atoms with Gasteiger partial charge in [-0.1, -0.05) is 19.8 Å². The van der Waals surface area contributed by atoms with Crippen LogP contribution in [0.3, 0.4) is 0 Å². The monoisotopic (exact) mass is 116 g/mol. The van der Waals surface area contributed by atoms with Crippen molar-refractivity contribution in [1.29, 1.82) is 0 Å². The highest BCUT2D eigenvalue weighted by atomic mass is 35.5. The van der Waals surface area contributed by atoms with Gasteiger partial charge in [-0.15, -0.1) is 18.0 Å².